The van der Waals surface area contributed by atoms with Gasteiger partial charge in [-0.1, -0.05) is 0 Å². The lowest BCUT2D eigenvalue weighted by Crippen LogP contribution is -2.10. The molecule has 0 atom stereocenters. The van der Waals surface area contributed by atoms with Gasteiger partial charge in [-0.05, 0) is 31.0 Å². The number of ether oxygens (including phenoxy) is 1. The predicted octanol–water partition coefficient (Wildman–Crippen LogP) is 3.30. The second-order valence-electron chi connectivity index (χ2n) is 4.12. The van der Waals surface area contributed by atoms with E-state index in [2.05, 4.69) is 0 Å². The molecule has 0 aliphatic carbocycles. The van der Waals surface area contributed by atoms with Gasteiger partial charge in [0.25, 0.3) is 0 Å². The number of halogens is 4. The molecule has 0 aliphatic heterocycles. The molecule has 0 radical (unpaired) electrons. The van der Waals surface area contributed by atoms with E-state index in [1.54, 1.807) is 6.07 Å². The van der Waals surface area contributed by atoms with E-state index in [0.29, 0.717) is 6.07 Å². The van der Waals surface area contributed by atoms with Crippen LogP contribution in [0.15, 0.2) is 18.2 Å². The smallest absolute Gasteiger partial charge is 0.420 e. The van der Waals surface area contributed by atoms with Gasteiger partial charge in [0.15, 0.2) is 0 Å². The van der Waals surface area contributed by atoms with E-state index >= 15 is 0 Å². The van der Waals surface area contributed by atoms with Crippen molar-refractivity contribution in [1.29, 1.82) is 5.26 Å². The van der Waals surface area contributed by atoms with E-state index in [0.717, 1.165) is 6.07 Å². The highest BCUT2D eigenvalue weighted by Gasteiger charge is 2.34. The molecule has 0 aromatic heterocycles. The van der Waals surface area contributed by atoms with E-state index in [4.69, 9.17) is 20.7 Å². The zero-order valence-electron chi connectivity index (χ0n) is 10.7. The average molecular weight is 342 g/mol. The van der Waals surface area contributed by atoms with Gasteiger partial charge >= 0.3 is 6.18 Å². The lowest BCUT2D eigenvalue weighted by molar-refractivity contribution is -0.139. The molecular formula is C12H11ClF3NO3S. The van der Waals surface area contributed by atoms with Crippen molar-refractivity contribution >= 4 is 19.7 Å². The van der Waals surface area contributed by atoms with Crippen LogP contribution in [-0.4, -0.2) is 20.8 Å². The molecule has 0 unspecified atom stereocenters. The lowest BCUT2D eigenvalue weighted by atomic mass is 10.1. The summed E-state index contributed by atoms with van der Waals surface area (Å²) in [6.07, 6.45) is -4.21. The van der Waals surface area contributed by atoms with Crippen molar-refractivity contribution in [3.8, 4) is 11.8 Å². The summed E-state index contributed by atoms with van der Waals surface area (Å²) in [5.74, 6) is -0.660. The molecule has 0 saturated heterocycles. The van der Waals surface area contributed by atoms with Crippen LogP contribution in [0.2, 0.25) is 0 Å². The maximum atomic E-state index is 12.8. The minimum absolute atomic E-state index is 0.0820. The fraction of sp³-hybridized carbons (Fsp3) is 0.417. The van der Waals surface area contributed by atoms with Crippen molar-refractivity contribution in [3.05, 3.63) is 29.3 Å². The van der Waals surface area contributed by atoms with Crippen molar-refractivity contribution in [2.24, 2.45) is 0 Å². The summed E-state index contributed by atoms with van der Waals surface area (Å²) in [7, 11) is 1.39. The van der Waals surface area contributed by atoms with Gasteiger partial charge in [0.1, 0.15) is 5.75 Å². The van der Waals surface area contributed by atoms with Crippen molar-refractivity contribution < 1.29 is 26.3 Å². The molecule has 0 fully saturated rings. The highest BCUT2D eigenvalue weighted by atomic mass is 35.7. The first-order chi connectivity index (χ1) is 9.63. The molecule has 0 N–H and O–H groups in total. The van der Waals surface area contributed by atoms with Crippen molar-refractivity contribution in [3.63, 3.8) is 0 Å². The van der Waals surface area contributed by atoms with E-state index in [1.807, 2.05) is 0 Å². The van der Waals surface area contributed by atoms with Crippen LogP contribution in [0.4, 0.5) is 13.2 Å². The number of hydrogen-bond donors (Lipinski definition) is 0. The van der Waals surface area contributed by atoms with Crippen molar-refractivity contribution in [1.82, 2.24) is 0 Å². The number of unbranched alkanes of at least 4 members (excludes halogenated alkanes) is 1. The molecule has 0 saturated carbocycles. The van der Waals surface area contributed by atoms with Gasteiger partial charge < -0.3 is 4.74 Å². The summed E-state index contributed by atoms with van der Waals surface area (Å²) in [6, 6.07) is 4.61. The van der Waals surface area contributed by atoms with Crippen LogP contribution in [0.5, 0.6) is 5.75 Å². The van der Waals surface area contributed by atoms with E-state index in [-0.39, 0.29) is 30.8 Å². The van der Waals surface area contributed by atoms with Crippen molar-refractivity contribution in [2.45, 2.75) is 19.0 Å². The molecule has 116 valence electrons. The Morgan fingerprint density at radius 2 is 1.95 bits per heavy atom. The van der Waals surface area contributed by atoms with Crippen LogP contribution < -0.4 is 4.74 Å². The summed E-state index contributed by atoms with van der Waals surface area (Å²) < 4.78 is 64.8. The number of nitriles is 1. The van der Waals surface area contributed by atoms with Crippen molar-refractivity contribution in [2.75, 3.05) is 12.4 Å². The van der Waals surface area contributed by atoms with Crippen LogP contribution in [-0.2, 0) is 15.2 Å². The Balaban J connectivity index is 2.69. The van der Waals surface area contributed by atoms with Gasteiger partial charge in [-0.25, -0.2) is 8.42 Å². The maximum absolute atomic E-state index is 12.8. The minimum Gasteiger partial charge on any atom is -0.493 e. The molecule has 21 heavy (non-hydrogen) atoms. The third-order valence-electron chi connectivity index (χ3n) is 2.45. The second kappa shape index (κ2) is 7.00. The highest BCUT2D eigenvalue weighted by molar-refractivity contribution is 8.13. The molecule has 0 amide bonds. The molecular weight excluding hydrogens is 331 g/mol. The monoisotopic (exact) mass is 341 g/mol. The largest absolute Gasteiger partial charge is 0.493 e. The third kappa shape index (κ3) is 6.23. The maximum Gasteiger partial charge on any atom is 0.420 e. The van der Waals surface area contributed by atoms with E-state index in [1.165, 1.54) is 6.07 Å². The number of benzene rings is 1. The van der Waals surface area contributed by atoms with Gasteiger partial charge in [-0.3, -0.25) is 0 Å². The molecule has 1 aromatic rings. The topological polar surface area (TPSA) is 67.2 Å². The van der Waals surface area contributed by atoms with Crippen LogP contribution in [0.1, 0.15) is 24.0 Å². The first-order valence-corrected chi connectivity index (χ1v) is 8.28. The first-order valence-electron chi connectivity index (χ1n) is 5.80. The first kappa shape index (κ1) is 17.6. The SMILES string of the molecule is N#Cc1ccc(OCCCCS(=O)(=O)Cl)c(C(F)(F)F)c1. The minimum atomic E-state index is -4.64. The normalized spacial score (nSPS) is 12.0. The molecule has 0 aliphatic rings. The van der Waals surface area contributed by atoms with Gasteiger partial charge in [-0.15, -0.1) is 0 Å². The van der Waals surface area contributed by atoms with Crippen LogP contribution in [0.25, 0.3) is 0 Å². The summed E-state index contributed by atoms with van der Waals surface area (Å²) in [6.45, 7) is -0.0820. The molecule has 9 heteroatoms. The molecule has 0 bridgehead atoms. The quantitative estimate of drug-likeness (QED) is 0.588. The number of rotatable bonds is 6. The summed E-state index contributed by atoms with van der Waals surface area (Å²) in [5, 5.41) is 8.61. The van der Waals surface area contributed by atoms with E-state index in [9.17, 15) is 21.6 Å². The van der Waals surface area contributed by atoms with Crippen LogP contribution in [0.3, 0.4) is 0 Å². The van der Waals surface area contributed by atoms with Gasteiger partial charge in [0.2, 0.25) is 9.05 Å². The fourth-order valence-electron chi connectivity index (χ4n) is 1.51. The number of alkyl halides is 3. The predicted molar refractivity (Wildman–Crippen MR) is 70.5 cm³/mol. The number of nitrogens with zero attached hydrogens (tertiary/aromatic N) is 1. The number of hydrogen-bond acceptors (Lipinski definition) is 4. The summed E-state index contributed by atoms with van der Waals surface area (Å²) >= 11 is 0. The Kier molecular flexibility index (Phi) is 5.87. The summed E-state index contributed by atoms with van der Waals surface area (Å²) in [4.78, 5) is 0. The Bertz CT molecular complexity index is 638. The standard InChI is InChI=1S/C12H11ClF3NO3S/c13-21(18,19)6-2-1-5-20-11-4-3-9(8-17)7-10(11)12(14,15)16/h3-4,7H,1-2,5-6H2. The summed E-state index contributed by atoms with van der Waals surface area (Å²) in [5.41, 5.74) is -1.16. The van der Waals surface area contributed by atoms with Gasteiger partial charge in [0, 0.05) is 10.7 Å². The Morgan fingerprint density at radius 1 is 1.29 bits per heavy atom. The third-order valence-corrected chi connectivity index (χ3v) is 3.69. The Hall–Kier alpha value is -1.46. The zero-order chi connectivity index (χ0) is 16.1. The average Bonchev–Trinajstić information content (AvgIpc) is 2.36. The zero-order valence-corrected chi connectivity index (χ0v) is 12.2. The molecule has 0 heterocycles. The van der Waals surface area contributed by atoms with Gasteiger partial charge in [-0.2, -0.15) is 18.4 Å². The fourth-order valence-corrected chi connectivity index (χ4v) is 2.38. The highest BCUT2D eigenvalue weighted by Crippen LogP contribution is 2.36. The van der Waals surface area contributed by atoms with Crippen LogP contribution in [0, 0.1) is 11.3 Å². The van der Waals surface area contributed by atoms with Gasteiger partial charge in [0.05, 0.1) is 29.6 Å². The van der Waals surface area contributed by atoms with Crippen LogP contribution >= 0.6 is 10.7 Å². The Morgan fingerprint density at radius 3 is 2.48 bits per heavy atom. The van der Waals surface area contributed by atoms with E-state index < -0.39 is 26.5 Å². The Labute approximate surface area is 124 Å². The lowest BCUT2D eigenvalue weighted by Gasteiger charge is -2.14. The second-order valence-corrected chi connectivity index (χ2v) is 7.02. The molecule has 0 spiro atoms. The molecule has 4 nitrogen and oxygen atoms in total. The molecule has 1 rings (SSSR count). The molecule has 1 aromatic carbocycles.